The highest BCUT2D eigenvalue weighted by Gasteiger charge is 2.10. The molecule has 1 atom stereocenters. The Bertz CT molecular complexity index is 578. The number of rotatable bonds is 6. The van der Waals surface area contributed by atoms with Crippen LogP contribution in [0.5, 0.6) is 0 Å². The highest BCUT2D eigenvalue weighted by molar-refractivity contribution is 5.69. The van der Waals surface area contributed by atoms with E-state index in [4.69, 9.17) is 0 Å². The highest BCUT2D eigenvalue weighted by atomic mass is 16.5. The smallest absolute Gasteiger partial charge is 0.305 e. The van der Waals surface area contributed by atoms with Crippen molar-refractivity contribution in [3.8, 4) is 0 Å². The third-order valence-electron chi connectivity index (χ3n) is 3.46. The fraction of sp³-hybridized carbons (Fsp3) is 0.278. The van der Waals surface area contributed by atoms with E-state index in [1.165, 1.54) is 7.11 Å². The minimum absolute atomic E-state index is 0.185. The van der Waals surface area contributed by atoms with E-state index >= 15 is 0 Å². The van der Waals surface area contributed by atoms with Gasteiger partial charge in [0.1, 0.15) is 6.10 Å². The number of esters is 1. The molecule has 0 aliphatic heterocycles. The van der Waals surface area contributed by atoms with Crippen molar-refractivity contribution in [3.05, 3.63) is 71.3 Å². The number of hydrogen-bond acceptors (Lipinski definition) is 3. The molecule has 0 aliphatic rings. The molecule has 0 amide bonds. The number of carbonyl (C=O) groups excluding carboxylic acids is 1. The Kier molecular flexibility index (Phi) is 5.52. The predicted molar refractivity (Wildman–Crippen MR) is 81.9 cm³/mol. The third kappa shape index (κ3) is 4.43. The zero-order valence-corrected chi connectivity index (χ0v) is 12.2. The highest BCUT2D eigenvalue weighted by Crippen LogP contribution is 2.22. The Morgan fingerprint density at radius 3 is 2.52 bits per heavy atom. The molecule has 21 heavy (non-hydrogen) atoms. The second kappa shape index (κ2) is 7.60. The van der Waals surface area contributed by atoms with Crippen molar-refractivity contribution >= 4 is 5.97 Å². The van der Waals surface area contributed by atoms with Gasteiger partial charge >= 0.3 is 5.97 Å². The van der Waals surface area contributed by atoms with Crippen LogP contribution in [0, 0.1) is 0 Å². The summed E-state index contributed by atoms with van der Waals surface area (Å²) in [5.41, 5.74) is 2.87. The van der Waals surface area contributed by atoms with Crippen LogP contribution in [0.2, 0.25) is 0 Å². The summed E-state index contributed by atoms with van der Waals surface area (Å²) in [6, 6.07) is 17.4. The van der Waals surface area contributed by atoms with Crippen molar-refractivity contribution in [1.82, 2.24) is 0 Å². The maximum absolute atomic E-state index is 11.1. The largest absolute Gasteiger partial charge is 0.469 e. The summed E-state index contributed by atoms with van der Waals surface area (Å²) >= 11 is 0. The van der Waals surface area contributed by atoms with Crippen LogP contribution in [-0.2, 0) is 16.0 Å². The lowest BCUT2D eigenvalue weighted by Gasteiger charge is -2.12. The topological polar surface area (TPSA) is 46.5 Å². The maximum Gasteiger partial charge on any atom is 0.305 e. The van der Waals surface area contributed by atoms with Crippen molar-refractivity contribution in [2.75, 3.05) is 7.11 Å². The number of benzene rings is 2. The summed E-state index contributed by atoms with van der Waals surface area (Å²) in [5, 5.41) is 10.4. The van der Waals surface area contributed by atoms with E-state index in [9.17, 15) is 9.90 Å². The molecule has 0 aliphatic carbocycles. The Morgan fingerprint density at radius 2 is 1.81 bits per heavy atom. The van der Waals surface area contributed by atoms with Gasteiger partial charge in [-0.05, 0) is 29.5 Å². The van der Waals surface area contributed by atoms with Gasteiger partial charge in [0, 0.05) is 6.42 Å². The average molecular weight is 284 g/mol. The lowest BCUT2D eigenvalue weighted by atomic mass is 9.98. The fourth-order valence-corrected chi connectivity index (χ4v) is 2.29. The van der Waals surface area contributed by atoms with E-state index < -0.39 is 6.10 Å². The van der Waals surface area contributed by atoms with E-state index in [-0.39, 0.29) is 5.97 Å². The number of methoxy groups -OCH3 is 1. The lowest BCUT2D eigenvalue weighted by Crippen LogP contribution is -2.02. The molecule has 0 bridgehead atoms. The Hall–Kier alpha value is -2.13. The van der Waals surface area contributed by atoms with Gasteiger partial charge in [-0.1, -0.05) is 54.6 Å². The first-order valence-corrected chi connectivity index (χ1v) is 7.09. The minimum atomic E-state index is -0.619. The van der Waals surface area contributed by atoms with Crippen molar-refractivity contribution in [2.24, 2.45) is 0 Å². The van der Waals surface area contributed by atoms with Crippen molar-refractivity contribution in [3.63, 3.8) is 0 Å². The maximum atomic E-state index is 11.1. The van der Waals surface area contributed by atoms with Crippen LogP contribution in [0.25, 0.3) is 0 Å². The first-order valence-electron chi connectivity index (χ1n) is 7.09. The molecule has 3 heteroatoms. The zero-order valence-electron chi connectivity index (χ0n) is 12.2. The van der Waals surface area contributed by atoms with E-state index in [0.29, 0.717) is 6.42 Å². The van der Waals surface area contributed by atoms with Crippen molar-refractivity contribution in [1.29, 1.82) is 0 Å². The molecule has 0 fully saturated rings. The van der Waals surface area contributed by atoms with Crippen LogP contribution in [0.15, 0.2) is 54.6 Å². The molecule has 110 valence electrons. The molecule has 0 saturated carbocycles. The summed E-state index contributed by atoms with van der Waals surface area (Å²) in [6.07, 6.45) is 1.34. The number of carbonyl (C=O) groups is 1. The molecule has 0 radical (unpaired) electrons. The molecule has 2 rings (SSSR count). The monoisotopic (exact) mass is 284 g/mol. The number of aliphatic hydroxyl groups excluding tert-OH is 1. The van der Waals surface area contributed by atoms with Gasteiger partial charge in [-0.25, -0.2) is 0 Å². The summed E-state index contributed by atoms with van der Waals surface area (Å²) in [7, 11) is 1.40. The molecular formula is C18H20O3. The fourth-order valence-electron chi connectivity index (χ4n) is 2.29. The van der Waals surface area contributed by atoms with Gasteiger partial charge in [-0.15, -0.1) is 0 Å². The Balaban J connectivity index is 2.02. The van der Waals surface area contributed by atoms with E-state index in [1.54, 1.807) is 0 Å². The zero-order chi connectivity index (χ0) is 15.1. The van der Waals surface area contributed by atoms with Crippen molar-refractivity contribution < 1.29 is 14.6 Å². The number of aliphatic hydroxyl groups is 1. The summed E-state index contributed by atoms with van der Waals surface area (Å²) < 4.78 is 4.63. The summed E-state index contributed by atoms with van der Waals surface area (Å²) in [5.74, 6) is -0.185. The molecule has 1 N–H and O–H groups in total. The first-order chi connectivity index (χ1) is 10.2. The van der Waals surface area contributed by atoms with Crippen LogP contribution in [-0.4, -0.2) is 18.2 Å². The van der Waals surface area contributed by atoms with E-state index in [1.807, 2.05) is 54.6 Å². The number of hydrogen-bond donors (Lipinski definition) is 1. The normalized spacial score (nSPS) is 11.9. The lowest BCUT2D eigenvalue weighted by molar-refractivity contribution is -0.140. The average Bonchev–Trinajstić information content (AvgIpc) is 2.55. The van der Waals surface area contributed by atoms with Crippen molar-refractivity contribution in [2.45, 2.75) is 25.4 Å². The quantitative estimate of drug-likeness (QED) is 0.828. The molecule has 0 heterocycles. The standard InChI is InChI=1S/C18H20O3/c1-21-17(19)12-6-8-14-7-5-11-16(13-14)18(20)15-9-3-2-4-10-15/h2-5,7,9-11,13,18,20H,6,8,12H2,1H3. The molecule has 2 aromatic carbocycles. The summed E-state index contributed by atoms with van der Waals surface area (Å²) in [4.78, 5) is 11.1. The molecule has 0 aromatic heterocycles. The molecule has 1 unspecified atom stereocenters. The van der Waals surface area contributed by atoms with Gasteiger partial charge in [0.05, 0.1) is 7.11 Å². The molecule has 0 saturated heterocycles. The Morgan fingerprint density at radius 1 is 1.10 bits per heavy atom. The predicted octanol–water partition coefficient (Wildman–Crippen LogP) is 3.26. The molecule has 0 spiro atoms. The second-order valence-electron chi connectivity index (χ2n) is 4.99. The van der Waals surface area contributed by atoms with Gasteiger partial charge in [0.15, 0.2) is 0 Å². The van der Waals surface area contributed by atoms with Gasteiger partial charge < -0.3 is 9.84 Å². The van der Waals surface area contributed by atoms with Gasteiger partial charge in [-0.2, -0.15) is 0 Å². The Labute approximate surface area is 125 Å². The van der Waals surface area contributed by atoms with Gasteiger partial charge in [-0.3, -0.25) is 4.79 Å². The minimum Gasteiger partial charge on any atom is -0.469 e. The molecular weight excluding hydrogens is 264 g/mol. The van der Waals surface area contributed by atoms with Crippen LogP contribution in [0.1, 0.15) is 35.6 Å². The van der Waals surface area contributed by atoms with E-state index in [2.05, 4.69) is 4.74 Å². The third-order valence-corrected chi connectivity index (χ3v) is 3.46. The number of ether oxygens (including phenoxy) is 1. The van der Waals surface area contributed by atoms with Crippen LogP contribution >= 0.6 is 0 Å². The van der Waals surface area contributed by atoms with Gasteiger partial charge in [0.25, 0.3) is 0 Å². The van der Waals surface area contributed by atoms with Crippen LogP contribution in [0.4, 0.5) is 0 Å². The first kappa shape index (κ1) is 15.3. The summed E-state index contributed by atoms with van der Waals surface area (Å²) in [6.45, 7) is 0. The van der Waals surface area contributed by atoms with Gasteiger partial charge in [0.2, 0.25) is 0 Å². The molecule has 3 nitrogen and oxygen atoms in total. The SMILES string of the molecule is COC(=O)CCCc1cccc(C(O)c2ccccc2)c1. The van der Waals surface area contributed by atoms with Crippen LogP contribution < -0.4 is 0 Å². The van der Waals surface area contributed by atoms with Crippen LogP contribution in [0.3, 0.4) is 0 Å². The van der Waals surface area contributed by atoms with E-state index in [0.717, 1.165) is 29.5 Å². The molecule has 2 aromatic rings. The number of aryl methyl sites for hydroxylation is 1. The second-order valence-corrected chi connectivity index (χ2v) is 4.99.